The number of hydrogen-bond acceptors (Lipinski definition) is 4. The van der Waals surface area contributed by atoms with Crippen LogP contribution >= 0.6 is 24.0 Å². The normalized spacial score (nSPS) is 20.0. The summed E-state index contributed by atoms with van der Waals surface area (Å²) in [6.45, 7) is 3.58. The first-order chi connectivity index (χ1) is 5.33. The van der Waals surface area contributed by atoms with Gasteiger partial charge in [-0.1, -0.05) is 0 Å². The summed E-state index contributed by atoms with van der Waals surface area (Å²) in [6.07, 6.45) is 0.523. The van der Waals surface area contributed by atoms with Crippen molar-refractivity contribution in [2.75, 3.05) is 13.1 Å². The summed E-state index contributed by atoms with van der Waals surface area (Å²) in [5, 5.41) is 14.4. The quantitative estimate of drug-likeness (QED) is 0.570. The van der Waals surface area contributed by atoms with Crippen LogP contribution in [-0.2, 0) is 0 Å². The van der Waals surface area contributed by atoms with Crippen LogP contribution < -0.4 is 10.6 Å². The predicted octanol–water partition coefficient (Wildman–Crippen LogP) is 0.455. The van der Waals surface area contributed by atoms with Gasteiger partial charge in [0.05, 0.1) is 19.0 Å². The van der Waals surface area contributed by atoms with Gasteiger partial charge in [-0.05, 0) is 6.92 Å². The first-order valence-corrected chi connectivity index (χ1v) is 3.74. The molecule has 4 nitrogen and oxygen atoms in total. The van der Waals surface area contributed by atoms with Gasteiger partial charge in [0.1, 0.15) is 0 Å². The van der Waals surface area contributed by atoms with E-state index < -0.39 is 0 Å². The molecule has 0 aromatic rings. The standard InChI is InChI=1S/C7H12N4.HI/c1-6-5-10-7(11-6)9-4-2-3-8;/h6H,2,4-5H2,1H3,(H2,9,10,11);1H. The van der Waals surface area contributed by atoms with Crippen LogP contribution in [0.2, 0.25) is 0 Å². The molecule has 1 heterocycles. The third-order valence-electron chi connectivity index (χ3n) is 1.44. The maximum atomic E-state index is 8.24. The number of guanidine groups is 1. The smallest absolute Gasteiger partial charge is 0.191 e. The summed E-state index contributed by atoms with van der Waals surface area (Å²) in [7, 11) is 0. The molecule has 5 heteroatoms. The van der Waals surface area contributed by atoms with E-state index in [1.165, 1.54) is 0 Å². The molecule has 1 aliphatic rings. The summed E-state index contributed by atoms with van der Waals surface area (Å²) in [5.74, 6) is 0.827. The van der Waals surface area contributed by atoms with E-state index in [4.69, 9.17) is 5.26 Å². The highest BCUT2D eigenvalue weighted by Crippen LogP contribution is 1.91. The minimum atomic E-state index is 0. The zero-order valence-corrected chi connectivity index (χ0v) is 9.33. The van der Waals surface area contributed by atoms with Crippen LogP contribution in [0, 0.1) is 11.3 Å². The highest BCUT2D eigenvalue weighted by Gasteiger charge is 2.10. The van der Waals surface area contributed by atoms with Gasteiger partial charge in [-0.25, -0.2) is 0 Å². The molecule has 1 atom stereocenters. The second-order valence-corrected chi connectivity index (χ2v) is 2.57. The Balaban J connectivity index is 0.00000121. The average molecular weight is 280 g/mol. The fourth-order valence-electron chi connectivity index (χ4n) is 0.897. The molecule has 2 N–H and O–H groups in total. The van der Waals surface area contributed by atoms with Gasteiger partial charge in [0, 0.05) is 12.6 Å². The van der Waals surface area contributed by atoms with Crippen LogP contribution in [0.4, 0.5) is 0 Å². The Kier molecular flexibility index (Phi) is 5.80. The maximum Gasteiger partial charge on any atom is 0.191 e. The SMILES string of the molecule is CC1CN=C(NCCC#N)N1.I. The topological polar surface area (TPSA) is 60.2 Å². The van der Waals surface area contributed by atoms with Gasteiger partial charge in [0.25, 0.3) is 0 Å². The van der Waals surface area contributed by atoms with E-state index in [-0.39, 0.29) is 24.0 Å². The summed E-state index contributed by atoms with van der Waals surface area (Å²) >= 11 is 0. The molecule has 0 aromatic carbocycles. The van der Waals surface area contributed by atoms with Gasteiger partial charge >= 0.3 is 0 Å². The second-order valence-electron chi connectivity index (χ2n) is 2.57. The number of rotatable bonds is 2. The van der Waals surface area contributed by atoms with Crippen LogP contribution in [0.15, 0.2) is 4.99 Å². The van der Waals surface area contributed by atoms with Crippen molar-refractivity contribution in [3.63, 3.8) is 0 Å². The van der Waals surface area contributed by atoms with Crippen molar-refractivity contribution >= 4 is 29.9 Å². The molecule has 1 aliphatic heterocycles. The van der Waals surface area contributed by atoms with E-state index in [0.29, 0.717) is 19.0 Å². The second kappa shape index (κ2) is 6.06. The van der Waals surface area contributed by atoms with Gasteiger partial charge in [-0.3, -0.25) is 4.99 Å². The zero-order chi connectivity index (χ0) is 8.10. The third kappa shape index (κ3) is 3.76. The number of nitrogens with one attached hydrogen (secondary N) is 2. The van der Waals surface area contributed by atoms with E-state index in [1.807, 2.05) is 0 Å². The molecule has 12 heavy (non-hydrogen) atoms. The minimum Gasteiger partial charge on any atom is -0.355 e. The molecule has 1 rings (SSSR count). The fraction of sp³-hybridized carbons (Fsp3) is 0.714. The largest absolute Gasteiger partial charge is 0.355 e. The summed E-state index contributed by atoms with van der Waals surface area (Å²) < 4.78 is 0. The molecular formula is C7H13IN4. The van der Waals surface area contributed by atoms with Crippen molar-refractivity contribution in [1.29, 1.82) is 5.26 Å². The molecule has 0 saturated heterocycles. The van der Waals surface area contributed by atoms with Crippen molar-refractivity contribution in [2.24, 2.45) is 4.99 Å². The van der Waals surface area contributed by atoms with Crippen molar-refractivity contribution in [3.05, 3.63) is 0 Å². The third-order valence-corrected chi connectivity index (χ3v) is 1.44. The van der Waals surface area contributed by atoms with E-state index in [1.54, 1.807) is 0 Å². The van der Waals surface area contributed by atoms with Crippen LogP contribution in [0.5, 0.6) is 0 Å². The molecule has 0 amide bonds. The molecule has 0 spiro atoms. The van der Waals surface area contributed by atoms with Crippen molar-refractivity contribution in [2.45, 2.75) is 19.4 Å². The Bertz CT molecular complexity index is 196. The number of nitrogens with zero attached hydrogens (tertiary/aromatic N) is 2. The maximum absolute atomic E-state index is 8.24. The van der Waals surface area contributed by atoms with E-state index in [0.717, 1.165) is 12.5 Å². The van der Waals surface area contributed by atoms with E-state index in [2.05, 4.69) is 28.6 Å². The highest BCUT2D eigenvalue weighted by atomic mass is 127. The molecule has 0 aromatic heterocycles. The van der Waals surface area contributed by atoms with Gasteiger partial charge in [0.2, 0.25) is 0 Å². The summed E-state index contributed by atoms with van der Waals surface area (Å²) in [4.78, 5) is 4.17. The Labute approximate surface area is 89.5 Å². The lowest BCUT2D eigenvalue weighted by molar-refractivity contribution is 0.714. The van der Waals surface area contributed by atoms with Gasteiger partial charge in [0.15, 0.2) is 5.96 Å². The number of hydrogen-bond donors (Lipinski definition) is 2. The molecule has 0 radical (unpaired) electrons. The summed E-state index contributed by atoms with van der Waals surface area (Å²) in [6, 6.07) is 2.49. The highest BCUT2D eigenvalue weighted by molar-refractivity contribution is 14.0. The van der Waals surface area contributed by atoms with Gasteiger partial charge in [-0.15, -0.1) is 24.0 Å². The fourth-order valence-corrected chi connectivity index (χ4v) is 0.897. The molecule has 68 valence electrons. The minimum absolute atomic E-state index is 0. The zero-order valence-electron chi connectivity index (χ0n) is 7.00. The predicted molar refractivity (Wildman–Crippen MR) is 58.5 cm³/mol. The van der Waals surface area contributed by atoms with Crippen LogP contribution in [-0.4, -0.2) is 25.1 Å². The Morgan fingerprint density at radius 2 is 2.58 bits per heavy atom. The van der Waals surface area contributed by atoms with Gasteiger partial charge < -0.3 is 10.6 Å². The Morgan fingerprint density at radius 3 is 3.08 bits per heavy atom. The lowest BCUT2D eigenvalue weighted by Gasteiger charge is -2.05. The lowest BCUT2D eigenvalue weighted by atomic mass is 10.4. The molecular weight excluding hydrogens is 267 g/mol. The first kappa shape index (κ1) is 11.5. The van der Waals surface area contributed by atoms with E-state index >= 15 is 0 Å². The average Bonchev–Trinajstić information content (AvgIpc) is 2.37. The molecule has 0 fully saturated rings. The first-order valence-electron chi connectivity index (χ1n) is 3.74. The van der Waals surface area contributed by atoms with Gasteiger partial charge in [-0.2, -0.15) is 5.26 Å². The number of nitriles is 1. The molecule has 0 aliphatic carbocycles. The molecule has 0 bridgehead atoms. The van der Waals surface area contributed by atoms with Crippen LogP contribution in [0.1, 0.15) is 13.3 Å². The Hall–Kier alpha value is -0.510. The Morgan fingerprint density at radius 1 is 1.83 bits per heavy atom. The van der Waals surface area contributed by atoms with Crippen LogP contribution in [0.25, 0.3) is 0 Å². The summed E-state index contributed by atoms with van der Waals surface area (Å²) in [5.41, 5.74) is 0. The van der Waals surface area contributed by atoms with Crippen LogP contribution in [0.3, 0.4) is 0 Å². The molecule has 0 saturated carbocycles. The van der Waals surface area contributed by atoms with Crippen molar-refractivity contribution in [1.82, 2.24) is 10.6 Å². The lowest BCUT2D eigenvalue weighted by Crippen LogP contribution is -2.37. The van der Waals surface area contributed by atoms with E-state index in [9.17, 15) is 0 Å². The monoisotopic (exact) mass is 280 g/mol. The van der Waals surface area contributed by atoms with Crippen molar-refractivity contribution < 1.29 is 0 Å². The van der Waals surface area contributed by atoms with Crippen molar-refractivity contribution in [3.8, 4) is 6.07 Å². The number of aliphatic imine (C=N–C) groups is 1. The molecule has 1 unspecified atom stereocenters. The number of halogens is 1.